The van der Waals surface area contributed by atoms with Gasteiger partial charge in [0.2, 0.25) is 0 Å². The molecule has 1 N–H and O–H groups in total. The summed E-state index contributed by atoms with van der Waals surface area (Å²) in [5.41, 5.74) is 3.27. The first-order valence-electron chi connectivity index (χ1n) is 8.64. The summed E-state index contributed by atoms with van der Waals surface area (Å²) < 4.78 is 27.6. The number of carbonyl (C=O) groups is 1. The third kappa shape index (κ3) is 3.91. The van der Waals surface area contributed by atoms with Gasteiger partial charge in [-0.1, -0.05) is 42.5 Å². The van der Waals surface area contributed by atoms with Crippen LogP contribution in [0.2, 0.25) is 0 Å². The van der Waals surface area contributed by atoms with Crippen molar-refractivity contribution >= 4 is 44.2 Å². The maximum absolute atomic E-state index is 14.0. The minimum absolute atomic E-state index is 0. The summed E-state index contributed by atoms with van der Waals surface area (Å²) in [4.78, 5) is 16.4. The Kier molecular flexibility index (Phi) is 6.07. The van der Waals surface area contributed by atoms with Crippen LogP contribution in [0.5, 0.6) is 0 Å². The van der Waals surface area contributed by atoms with Crippen molar-refractivity contribution in [3.63, 3.8) is 0 Å². The molecule has 0 saturated carbocycles. The van der Waals surface area contributed by atoms with E-state index in [1.54, 1.807) is 49.4 Å². The largest absolute Gasteiger partial charge is 0.478 e. The molecular formula is C23H15F2NO2Pb. The van der Waals surface area contributed by atoms with Crippen LogP contribution >= 0.6 is 0 Å². The van der Waals surface area contributed by atoms with E-state index in [2.05, 4.69) is 4.98 Å². The Bertz CT molecular complexity index is 1220. The summed E-state index contributed by atoms with van der Waals surface area (Å²) in [6.07, 6.45) is 0. The summed E-state index contributed by atoms with van der Waals surface area (Å²) in [5.74, 6) is -1.97. The van der Waals surface area contributed by atoms with E-state index >= 15 is 0 Å². The molecule has 6 heteroatoms. The van der Waals surface area contributed by atoms with Gasteiger partial charge in [0.1, 0.15) is 11.6 Å². The summed E-state index contributed by atoms with van der Waals surface area (Å²) in [6, 6.07) is 17.5. The number of benzene rings is 3. The molecule has 0 amide bonds. The standard InChI is InChI=1S/C23H15F2NO2.Pb/c1-13-21(23(27)28)18-12-16(24)10-11-20(18)26-22(13)15-8-6-14(7-9-15)17-4-2-3-5-19(17)25;/h2-12H,1H3,(H,27,28);. The number of hydrogen-bond donors (Lipinski definition) is 1. The van der Waals surface area contributed by atoms with Crippen molar-refractivity contribution in [3.05, 3.63) is 89.5 Å². The number of hydrogen-bond acceptors (Lipinski definition) is 2. The van der Waals surface area contributed by atoms with Crippen molar-refractivity contribution in [2.24, 2.45) is 0 Å². The van der Waals surface area contributed by atoms with Crippen molar-refractivity contribution < 1.29 is 18.7 Å². The average Bonchev–Trinajstić information content (AvgIpc) is 2.68. The second-order valence-electron chi connectivity index (χ2n) is 6.48. The number of rotatable bonds is 3. The van der Waals surface area contributed by atoms with E-state index in [9.17, 15) is 18.7 Å². The minimum atomic E-state index is -1.14. The number of aromatic nitrogens is 1. The van der Waals surface area contributed by atoms with Gasteiger partial charge in [0.05, 0.1) is 16.8 Å². The molecule has 29 heavy (non-hydrogen) atoms. The fraction of sp³-hybridized carbons (Fsp3) is 0.0435. The Morgan fingerprint density at radius 2 is 1.59 bits per heavy atom. The zero-order chi connectivity index (χ0) is 19.8. The third-order valence-corrected chi connectivity index (χ3v) is 4.75. The van der Waals surface area contributed by atoms with Crippen LogP contribution in [0.25, 0.3) is 33.3 Å². The SMILES string of the molecule is Cc1c(-c2ccc(-c3ccccc3F)cc2)nc2ccc(F)cc2c1C(=O)O.[Pb]. The van der Waals surface area contributed by atoms with E-state index < -0.39 is 11.8 Å². The van der Waals surface area contributed by atoms with Gasteiger partial charge in [-0.3, -0.25) is 0 Å². The number of carboxylic acids is 1. The molecule has 1 aromatic heterocycles. The van der Waals surface area contributed by atoms with Gasteiger partial charge in [-0.25, -0.2) is 18.6 Å². The molecule has 4 aromatic rings. The van der Waals surface area contributed by atoms with E-state index in [1.165, 1.54) is 24.3 Å². The normalized spacial score (nSPS) is 10.6. The molecule has 0 atom stereocenters. The molecule has 0 spiro atoms. The van der Waals surface area contributed by atoms with Gasteiger partial charge in [-0.2, -0.15) is 0 Å². The van der Waals surface area contributed by atoms with Gasteiger partial charge in [-0.05, 0) is 42.3 Å². The molecule has 0 aliphatic rings. The molecule has 0 fully saturated rings. The molecule has 0 aliphatic heterocycles. The third-order valence-electron chi connectivity index (χ3n) is 4.75. The molecule has 3 nitrogen and oxygen atoms in total. The topological polar surface area (TPSA) is 50.2 Å². The molecule has 0 aliphatic carbocycles. The second-order valence-corrected chi connectivity index (χ2v) is 6.48. The van der Waals surface area contributed by atoms with E-state index in [4.69, 9.17) is 0 Å². The first-order valence-corrected chi connectivity index (χ1v) is 8.64. The Labute approximate surface area is 186 Å². The molecule has 4 radical (unpaired) electrons. The molecule has 4 rings (SSSR count). The van der Waals surface area contributed by atoms with Crippen molar-refractivity contribution in [2.75, 3.05) is 0 Å². The number of halogens is 2. The number of nitrogens with zero attached hydrogens (tertiary/aromatic N) is 1. The van der Waals surface area contributed by atoms with Gasteiger partial charge in [-0.15, -0.1) is 0 Å². The van der Waals surface area contributed by atoms with Crippen LogP contribution in [0, 0.1) is 18.6 Å². The van der Waals surface area contributed by atoms with Crippen molar-refractivity contribution in [1.82, 2.24) is 4.98 Å². The van der Waals surface area contributed by atoms with Crippen LogP contribution in [0.1, 0.15) is 15.9 Å². The summed E-state index contributed by atoms with van der Waals surface area (Å²) in [7, 11) is 0. The molecule has 3 aromatic carbocycles. The van der Waals surface area contributed by atoms with Gasteiger partial charge in [0, 0.05) is 43.8 Å². The molecule has 0 saturated heterocycles. The fourth-order valence-corrected chi connectivity index (χ4v) is 3.39. The van der Waals surface area contributed by atoms with Gasteiger partial charge < -0.3 is 5.11 Å². The number of aromatic carboxylic acids is 1. The molecule has 1 heterocycles. The molecule has 0 bridgehead atoms. The zero-order valence-electron chi connectivity index (χ0n) is 15.4. The monoisotopic (exact) mass is 583 g/mol. The number of pyridine rings is 1. The Hall–Kier alpha value is -2.68. The number of carboxylic acid groups (broad SMARTS) is 1. The summed E-state index contributed by atoms with van der Waals surface area (Å²) in [5, 5.41) is 9.92. The Morgan fingerprint density at radius 1 is 0.931 bits per heavy atom. The first kappa shape index (κ1) is 21.0. The maximum atomic E-state index is 14.0. The Morgan fingerprint density at radius 3 is 2.24 bits per heavy atom. The maximum Gasteiger partial charge on any atom is 0.336 e. The van der Waals surface area contributed by atoms with Crippen molar-refractivity contribution in [3.8, 4) is 22.4 Å². The zero-order valence-corrected chi connectivity index (χ0v) is 19.3. The average molecular weight is 583 g/mol. The van der Waals surface area contributed by atoms with Crippen molar-refractivity contribution in [2.45, 2.75) is 6.92 Å². The van der Waals surface area contributed by atoms with E-state index in [-0.39, 0.29) is 44.1 Å². The van der Waals surface area contributed by atoms with Crippen LogP contribution in [0.4, 0.5) is 8.78 Å². The smallest absolute Gasteiger partial charge is 0.336 e. The quantitative estimate of drug-likeness (QED) is 0.326. The van der Waals surface area contributed by atoms with Crippen LogP contribution in [-0.2, 0) is 0 Å². The van der Waals surface area contributed by atoms with Gasteiger partial charge >= 0.3 is 5.97 Å². The molecule has 0 unspecified atom stereocenters. The second kappa shape index (κ2) is 8.36. The van der Waals surface area contributed by atoms with Gasteiger partial charge in [0.15, 0.2) is 0 Å². The van der Waals surface area contributed by atoms with Crippen LogP contribution in [0.3, 0.4) is 0 Å². The van der Waals surface area contributed by atoms with Gasteiger partial charge in [0.25, 0.3) is 0 Å². The van der Waals surface area contributed by atoms with Crippen LogP contribution < -0.4 is 0 Å². The van der Waals surface area contributed by atoms with E-state index in [1.807, 2.05) is 0 Å². The Balaban J connectivity index is 0.00000240. The fourth-order valence-electron chi connectivity index (χ4n) is 3.39. The predicted molar refractivity (Wildman–Crippen MR) is 110 cm³/mol. The van der Waals surface area contributed by atoms with E-state index in [0.29, 0.717) is 33.5 Å². The number of fused-ring (bicyclic) bond motifs is 1. The molecule has 142 valence electrons. The van der Waals surface area contributed by atoms with Crippen molar-refractivity contribution in [1.29, 1.82) is 0 Å². The van der Waals surface area contributed by atoms with Crippen LogP contribution in [0.15, 0.2) is 66.7 Å². The predicted octanol–water partition coefficient (Wildman–Crippen LogP) is 5.47. The first-order chi connectivity index (χ1) is 13.5. The summed E-state index contributed by atoms with van der Waals surface area (Å²) in [6.45, 7) is 1.65. The van der Waals surface area contributed by atoms with Crippen LogP contribution in [-0.4, -0.2) is 43.4 Å². The van der Waals surface area contributed by atoms with E-state index in [0.717, 1.165) is 0 Å². The minimum Gasteiger partial charge on any atom is -0.478 e. The molecular weight excluding hydrogens is 567 g/mol. The summed E-state index contributed by atoms with van der Waals surface area (Å²) >= 11 is 0.